The number of piperazine rings is 1. The lowest BCUT2D eigenvalue weighted by molar-refractivity contribution is 0.0141. The van der Waals surface area contributed by atoms with E-state index in [0.717, 1.165) is 31.7 Å². The maximum Gasteiger partial charge on any atom is 0.410 e. The van der Waals surface area contributed by atoms with E-state index in [0.29, 0.717) is 31.7 Å². The first-order valence-corrected chi connectivity index (χ1v) is 9.32. The lowest BCUT2D eigenvalue weighted by Crippen LogP contribution is -2.51. The third-order valence-corrected chi connectivity index (χ3v) is 4.64. The van der Waals surface area contributed by atoms with Crippen LogP contribution in [0.3, 0.4) is 0 Å². The summed E-state index contributed by atoms with van der Waals surface area (Å²) in [5.41, 5.74) is 0.143. The van der Waals surface area contributed by atoms with Gasteiger partial charge in [-0.15, -0.1) is 0 Å². The molecule has 2 aliphatic heterocycles. The third-order valence-electron chi connectivity index (χ3n) is 4.64. The molecule has 7 heteroatoms. The Balaban J connectivity index is 1.63. The zero-order valence-corrected chi connectivity index (χ0v) is 15.9. The van der Waals surface area contributed by atoms with Crippen LogP contribution in [0.5, 0.6) is 0 Å². The van der Waals surface area contributed by atoms with Crippen LogP contribution in [0.2, 0.25) is 0 Å². The van der Waals surface area contributed by atoms with E-state index in [1.807, 2.05) is 32.9 Å². The van der Waals surface area contributed by atoms with Crippen molar-refractivity contribution in [3.05, 3.63) is 23.9 Å². The highest BCUT2D eigenvalue weighted by molar-refractivity contribution is 5.99. The quantitative estimate of drug-likeness (QED) is 0.810. The number of hydrogen-bond acceptors (Lipinski definition) is 5. The van der Waals surface area contributed by atoms with E-state index in [9.17, 15) is 9.59 Å². The Bertz CT molecular complexity index is 657. The predicted octanol–water partition coefficient (Wildman–Crippen LogP) is 2.37. The predicted molar refractivity (Wildman–Crippen MR) is 99.4 cm³/mol. The molecule has 3 rings (SSSR count). The molecule has 3 heterocycles. The molecule has 2 aliphatic rings. The maximum absolute atomic E-state index is 13.0. The minimum Gasteiger partial charge on any atom is -0.444 e. The second-order valence-corrected chi connectivity index (χ2v) is 7.83. The van der Waals surface area contributed by atoms with Crippen LogP contribution in [0, 0.1) is 0 Å². The number of nitrogens with zero attached hydrogens (tertiary/aromatic N) is 4. The molecule has 0 aromatic carbocycles. The summed E-state index contributed by atoms with van der Waals surface area (Å²) in [7, 11) is 0. The molecule has 26 heavy (non-hydrogen) atoms. The van der Waals surface area contributed by atoms with Gasteiger partial charge in [0.2, 0.25) is 0 Å². The number of carbonyl (C=O) groups is 2. The maximum atomic E-state index is 13.0. The molecule has 2 amide bonds. The first-order chi connectivity index (χ1) is 12.3. The van der Waals surface area contributed by atoms with E-state index in [-0.39, 0.29) is 12.0 Å². The van der Waals surface area contributed by atoms with E-state index in [1.54, 1.807) is 16.0 Å². The Morgan fingerprint density at radius 3 is 2.23 bits per heavy atom. The van der Waals surface area contributed by atoms with Gasteiger partial charge in [0.15, 0.2) is 0 Å². The van der Waals surface area contributed by atoms with Crippen LogP contribution in [0.25, 0.3) is 0 Å². The Kier molecular flexibility index (Phi) is 5.34. The molecule has 142 valence electrons. The van der Waals surface area contributed by atoms with Gasteiger partial charge in [-0.25, -0.2) is 9.78 Å². The number of amides is 2. The first kappa shape index (κ1) is 18.5. The highest BCUT2D eigenvalue weighted by Crippen LogP contribution is 2.23. The fourth-order valence-electron chi connectivity index (χ4n) is 3.33. The van der Waals surface area contributed by atoms with Gasteiger partial charge in [-0.1, -0.05) is 0 Å². The molecule has 0 aliphatic carbocycles. The molecular weight excluding hydrogens is 332 g/mol. The minimum atomic E-state index is -0.510. The van der Waals surface area contributed by atoms with Crippen molar-refractivity contribution in [1.29, 1.82) is 0 Å². The van der Waals surface area contributed by atoms with Crippen molar-refractivity contribution in [2.45, 2.75) is 39.2 Å². The summed E-state index contributed by atoms with van der Waals surface area (Å²) < 4.78 is 5.41. The Labute approximate surface area is 154 Å². The molecule has 0 atom stereocenters. The van der Waals surface area contributed by atoms with Crippen molar-refractivity contribution in [2.24, 2.45) is 0 Å². The minimum absolute atomic E-state index is 0.0103. The van der Waals surface area contributed by atoms with Crippen LogP contribution in [-0.2, 0) is 4.74 Å². The van der Waals surface area contributed by atoms with Crippen LogP contribution in [0.1, 0.15) is 44.0 Å². The molecule has 0 N–H and O–H groups in total. The Morgan fingerprint density at radius 1 is 1.00 bits per heavy atom. The Morgan fingerprint density at radius 2 is 1.62 bits per heavy atom. The van der Waals surface area contributed by atoms with Gasteiger partial charge in [0.05, 0.1) is 5.56 Å². The van der Waals surface area contributed by atoms with E-state index < -0.39 is 5.60 Å². The van der Waals surface area contributed by atoms with Crippen molar-refractivity contribution in [1.82, 2.24) is 14.8 Å². The summed E-state index contributed by atoms with van der Waals surface area (Å²) in [5, 5.41) is 0. The van der Waals surface area contributed by atoms with E-state index in [2.05, 4.69) is 9.88 Å². The normalized spacial score (nSPS) is 18.2. The largest absolute Gasteiger partial charge is 0.444 e. The van der Waals surface area contributed by atoms with Gasteiger partial charge in [-0.3, -0.25) is 4.79 Å². The van der Waals surface area contributed by atoms with Crippen LogP contribution in [0.15, 0.2) is 18.3 Å². The zero-order chi connectivity index (χ0) is 18.7. The second-order valence-electron chi connectivity index (χ2n) is 7.83. The lowest BCUT2D eigenvalue weighted by Gasteiger charge is -2.36. The molecule has 0 spiro atoms. The van der Waals surface area contributed by atoms with E-state index in [4.69, 9.17) is 4.74 Å². The van der Waals surface area contributed by atoms with Crippen LogP contribution >= 0.6 is 0 Å². The third kappa shape index (κ3) is 4.26. The summed E-state index contributed by atoms with van der Waals surface area (Å²) >= 11 is 0. The van der Waals surface area contributed by atoms with Crippen LogP contribution in [-0.4, -0.2) is 71.7 Å². The molecule has 1 aromatic rings. The van der Waals surface area contributed by atoms with Gasteiger partial charge < -0.3 is 19.4 Å². The molecular formula is C19H28N4O3. The zero-order valence-electron chi connectivity index (χ0n) is 15.9. The summed E-state index contributed by atoms with van der Waals surface area (Å²) in [5.74, 6) is 0.772. The monoisotopic (exact) mass is 360 g/mol. The van der Waals surface area contributed by atoms with Crippen LogP contribution in [0.4, 0.5) is 10.6 Å². The summed E-state index contributed by atoms with van der Waals surface area (Å²) in [4.78, 5) is 35.3. The molecule has 2 fully saturated rings. The van der Waals surface area contributed by atoms with Gasteiger partial charge in [0.1, 0.15) is 11.4 Å². The Hall–Kier alpha value is -2.31. The van der Waals surface area contributed by atoms with Gasteiger partial charge in [0, 0.05) is 45.5 Å². The van der Waals surface area contributed by atoms with Gasteiger partial charge in [0.25, 0.3) is 5.91 Å². The highest BCUT2D eigenvalue weighted by atomic mass is 16.6. The topological polar surface area (TPSA) is 66.0 Å². The molecule has 0 saturated carbocycles. The van der Waals surface area contributed by atoms with Crippen LogP contribution < -0.4 is 4.90 Å². The molecule has 7 nitrogen and oxygen atoms in total. The van der Waals surface area contributed by atoms with Gasteiger partial charge in [-0.2, -0.15) is 0 Å². The summed E-state index contributed by atoms with van der Waals surface area (Å²) in [6.07, 6.45) is 3.70. The highest BCUT2D eigenvalue weighted by Gasteiger charge is 2.30. The molecule has 0 unspecified atom stereocenters. The summed E-state index contributed by atoms with van der Waals surface area (Å²) in [6, 6.07) is 3.66. The number of anilines is 1. The van der Waals surface area contributed by atoms with E-state index in [1.165, 1.54) is 0 Å². The number of ether oxygens (including phenoxy) is 1. The average molecular weight is 360 g/mol. The summed E-state index contributed by atoms with van der Waals surface area (Å²) in [6.45, 7) is 9.44. The van der Waals surface area contributed by atoms with E-state index >= 15 is 0 Å². The van der Waals surface area contributed by atoms with Crippen molar-refractivity contribution in [3.63, 3.8) is 0 Å². The van der Waals surface area contributed by atoms with Crippen molar-refractivity contribution in [2.75, 3.05) is 44.2 Å². The van der Waals surface area contributed by atoms with Crippen molar-refractivity contribution >= 4 is 17.8 Å². The lowest BCUT2D eigenvalue weighted by atomic mass is 10.2. The van der Waals surface area contributed by atoms with Gasteiger partial charge in [-0.05, 0) is 45.7 Å². The molecule has 1 aromatic heterocycles. The first-order valence-electron chi connectivity index (χ1n) is 9.32. The molecule has 0 radical (unpaired) electrons. The SMILES string of the molecule is CC(C)(C)OC(=O)N1CCN(C(=O)c2cccnc2N2CCCC2)CC1. The van der Waals surface area contributed by atoms with Gasteiger partial charge >= 0.3 is 6.09 Å². The average Bonchev–Trinajstić information content (AvgIpc) is 3.14. The molecule has 0 bridgehead atoms. The number of aromatic nitrogens is 1. The number of pyridine rings is 1. The fourth-order valence-corrected chi connectivity index (χ4v) is 3.33. The van der Waals surface area contributed by atoms with Crippen molar-refractivity contribution in [3.8, 4) is 0 Å². The second kappa shape index (κ2) is 7.51. The smallest absolute Gasteiger partial charge is 0.410 e. The number of carbonyl (C=O) groups excluding carboxylic acids is 2. The number of hydrogen-bond donors (Lipinski definition) is 0. The standard InChI is InChI=1S/C19H28N4O3/c1-19(2,3)26-18(25)23-13-11-22(12-14-23)17(24)15-7-6-8-20-16(15)21-9-4-5-10-21/h6-8H,4-5,9-14H2,1-3H3. The van der Waals surface area contributed by atoms with Crippen molar-refractivity contribution < 1.29 is 14.3 Å². The molecule has 2 saturated heterocycles. The fraction of sp³-hybridized carbons (Fsp3) is 0.632. The number of rotatable bonds is 2.